The fraction of sp³-hybridized carbons (Fsp3) is 0.839. The molecule has 2 aliphatic heterocycles. The summed E-state index contributed by atoms with van der Waals surface area (Å²) in [5, 5.41) is 31.5. The van der Waals surface area contributed by atoms with Gasteiger partial charge in [0, 0.05) is 13.8 Å². The summed E-state index contributed by atoms with van der Waals surface area (Å²) in [6, 6.07) is 0. The SMILES string of the molecule is CCCC(C)C(=O)O[C@H]1[C@H](OC(=O)C(C)CC)[C@@H](OC(=O)C(C)C)[C@@H](O[C@]2(CO)O[C@H](CO)[C@@H](OC(C)=O)[C@@H]2O)O[C@@H]1COC(C)=O. The highest BCUT2D eigenvalue weighted by Gasteiger charge is 2.62. The van der Waals surface area contributed by atoms with Gasteiger partial charge in [-0.1, -0.05) is 48.0 Å². The van der Waals surface area contributed by atoms with Crippen LogP contribution in [-0.2, 0) is 61.9 Å². The first-order valence-electron chi connectivity index (χ1n) is 15.9. The van der Waals surface area contributed by atoms with E-state index in [1.807, 2.05) is 6.92 Å². The van der Waals surface area contributed by atoms with Crippen molar-refractivity contribution in [2.45, 2.75) is 129 Å². The van der Waals surface area contributed by atoms with Crippen LogP contribution in [0.5, 0.6) is 0 Å². The van der Waals surface area contributed by atoms with Crippen molar-refractivity contribution in [1.82, 2.24) is 0 Å². The van der Waals surface area contributed by atoms with Crippen molar-refractivity contribution in [3.8, 4) is 0 Å². The van der Waals surface area contributed by atoms with Crippen LogP contribution in [0.3, 0.4) is 0 Å². The monoisotopic (exact) mass is 678 g/mol. The Bertz CT molecular complexity index is 1080. The van der Waals surface area contributed by atoms with Gasteiger partial charge < -0.3 is 53.2 Å². The van der Waals surface area contributed by atoms with E-state index in [-0.39, 0.29) is 0 Å². The van der Waals surface area contributed by atoms with Gasteiger partial charge in [0.15, 0.2) is 24.4 Å². The number of aliphatic hydroxyl groups is 3. The molecule has 47 heavy (non-hydrogen) atoms. The second kappa shape index (κ2) is 18.0. The molecule has 2 aliphatic rings. The lowest BCUT2D eigenvalue weighted by atomic mass is 9.96. The molecule has 2 fully saturated rings. The number of hydrogen-bond acceptors (Lipinski definition) is 16. The Morgan fingerprint density at radius 3 is 1.87 bits per heavy atom. The quantitative estimate of drug-likeness (QED) is 0.150. The molecule has 2 saturated heterocycles. The number of rotatable bonds is 16. The highest BCUT2D eigenvalue weighted by atomic mass is 16.8. The van der Waals surface area contributed by atoms with E-state index in [9.17, 15) is 39.3 Å². The van der Waals surface area contributed by atoms with Crippen molar-refractivity contribution in [3.05, 3.63) is 0 Å². The van der Waals surface area contributed by atoms with Crippen molar-refractivity contribution >= 4 is 29.8 Å². The highest BCUT2D eigenvalue weighted by molar-refractivity contribution is 5.74. The average molecular weight is 679 g/mol. The molecule has 0 aromatic rings. The van der Waals surface area contributed by atoms with Gasteiger partial charge in [0.25, 0.3) is 0 Å². The molecule has 2 rings (SSSR count). The summed E-state index contributed by atoms with van der Waals surface area (Å²) in [7, 11) is 0. The molecular formula is C31H50O16. The Kier molecular flexibility index (Phi) is 15.5. The minimum absolute atomic E-state index is 0.362. The summed E-state index contributed by atoms with van der Waals surface area (Å²) >= 11 is 0. The molecule has 2 unspecified atom stereocenters. The van der Waals surface area contributed by atoms with Crippen LogP contribution in [0.25, 0.3) is 0 Å². The Balaban J connectivity index is 2.71. The summed E-state index contributed by atoms with van der Waals surface area (Å²) in [4.78, 5) is 63.1. The topological polar surface area (TPSA) is 220 Å². The first-order valence-corrected chi connectivity index (χ1v) is 15.9. The maximum absolute atomic E-state index is 13.2. The van der Waals surface area contributed by atoms with Crippen LogP contribution in [0.15, 0.2) is 0 Å². The predicted molar refractivity (Wildman–Crippen MR) is 158 cm³/mol. The molecule has 3 N–H and O–H groups in total. The number of hydrogen-bond donors (Lipinski definition) is 3. The molecule has 0 aliphatic carbocycles. The predicted octanol–water partition coefficient (Wildman–Crippen LogP) is 0.537. The summed E-state index contributed by atoms with van der Waals surface area (Å²) in [6.45, 7) is 9.69. The molecule has 2 heterocycles. The smallest absolute Gasteiger partial charge is 0.309 e. The van der Waals surface area contributed by atoms with Crippen LogP contribution in [0.4, 0.5) is 0 Å². The maximum atomic E-state index is 13.2. The van der Waals surface area contributed by atoms with Gasteiger partial charge in [-0.3, -0.25) is 24.0 Å². The zero-order valence-electron chi connectivity index (χ0n) is 28.2. The highest BCUT2D eigenvalue weighted by Crippen LogP contribution is 2.39. The Labute approximate surface area is 274 Å². The fourth-order valence-electron chi connectivity index (χ4n) is 4.98. The molecule has 11 atom stereocenters. The molecule has 0 aromatic heterocycles. The molecule has 0 aromatic carbocycles. The number of carbonyl (C=O) groups is 5. The Morgan fingerprint density at radius 2 is 1.36 bits per heavy atom. The van der Waals surface area contributed by atoms with Crippen molar-refractivity contribution in [1.29, 1.82) is 0 Å². The molecule has 0 bridgehead atoms. The molecule has 0 amide bonds. The average Bonchev–Trinajstić information content (AvgIpc) is 3.27. The van der Waals surface area contributed by atoms with Crippen LogP contribution >= 0.6 is 0 Å². The first kappa shape index (κ1) is 40.3. The molecule has 0 spiro atoms. The number of ether oxygens (including phenoxy) is 8. The Morgan fingerprint density at radius 1 is 0.766 bits per heavy atom. The van der Waals surface area contributed by atoms with Crippen LogP contribution in [0.1, 0.15) is 74.7 Å². The van der Waals surface area contributed by atoms with E-state index >= 15 is 0 Å². The third-order valence-electron chi connectivity index (χ3n) is 7.91. The molecular weight excluding hydrogens is 628 g/mol. The summed E-state index contributed by atoms with van der Waals surface area (Å²) in [5.41, 5.74) is 0. The summed E-state index contributed by atoms with van der Waals surface area (Å²) in [6.07, 6.45) is -11.4. The molecule has 16 heteroatoms. The van der Waals surface area contributed by atoms with E-state index in [1.54, 1.807) is 20.8 Å². The molecule has 0 saturated carbocycles. The van der Waals surface area contributed by atoms with Gasteiger partial charge in [0.2, 0.25) is 12.1 Å². The second-order valence-electron chi connectivity index (χ2n) is 12.1. The van der Waals surface area contributed by atoms with E-state index in [0.717, 1.165) is 13.8 Å². The van der Waals surface area contributed by atoms with Crippen molar-refractivity contribution in [3.63, 3.8) is 0 Å². The van der Waals surface area contributed by atoms with Crippen molar-refractivity contribution in [2.75, 3.05) is 19.8 Å². The zero-order valence-corrected chi connectivity index (χ0v) is 28.2. The van der Waals surface area contributed by atoms with Gasteiger partial charge in [-0.25, -0.2) is 0 Å². The van der Waals surface area contributed by atoms with Crippen LogP contribution in [0, 0.1) is 17.8 Å². The number of carbonyl (C=O) groups excluding carboxylic acids is 5. The zero-order chi connectivity index (χ0) is 35.6. The first-order chi connectivity index (χ1) is 22.0. The maximum Gasteiger partial charge on any atom is 0.309 e. The lowest BCUT2D eigenvalue weighted by molar-refractivity contribution is -0.384. The minimum atomic E-state index is -2.45. The van der Waals surface area contributed by atoms with Gasteiger partial charge in [0.1, 0.15) is 31.5 Å². The van der Waals surface area contributed by atoms with Gasteiger partial charge in [-0.05, 0) is 12.8 Å². The van der Waals surface area contributed by atoms with E-state index in [4.69, 9.17) is 37.9 Å². The minimum Gasteiger partial charge on any atom is -0.463 e. The molecule has 270 valence electrons. The van der Waals surface area contributed by atoms with Crippen LogP contribution in [-0.4, -0.2) is 120 Å². The van der Waals surface area contributed by atoms with E-state index in [2.05, 4.69) is 0 Å². The van der Waals surface area contributed by atoms with Gasteiger partial charge in [0.05, 0.1) is 24.4 Å². The summed E-state index contributed by atoms with van der Waals surface area (Å²) in [5.74, 6) is -8.23. The number of esters is 5. The van der Waals surface area contributed by atoms with Crippen molar-refractivity contribution < 1.29 is 77.2 Å². The van der Waals surface area contributed by atoms with Crippen LogP contribution in [0.2, 0.25) is 0 Å². The van der Waals surface area contributed by atoms with Gasteiger partial charge in [-0.15, -0.1) is 0 Å². The molecule has 16 nitrogen and oxygen atoms in total. The lowest BCUT2D eigenvalue weighted by Crippen LogP contribution is -2.66. The normalized spacial score (nSPS) is 31.8. The second-order valence-corrected chi connectivity index (χ2v) is 12.1. The van der Waals surface area contributed by atoms with Gasteiger partial charge >= 0.3 is 29.8 Å². The fourth-order valence-corrected chi connectivity index (χ4v) is 4.98. The Hall–Kier alpha value is -2.89. The third kappa shape index (κ3) is 10.3. The molecule has 0 radical (unpaired) electrons. The number of aliphatic hydroxyl groups excluding tert-OH is 3. The standard InChI is InChI=1S/C31H50O16/c1-9-11-17(6)29(39)43-22-21(13-40-18(7)34)42-30(25(45-27(37)15(3)4)24(22)44-28(38)16(5)10-2)47-31(14-33)26(36)23(41-19(8)35)20(12-32)46-31/h15-17,20-26,30,32-33,36H,9-14H2,1-8H3/t16?,17?,20-,21-,22-,23-,24+,25-,26+,30-,31+/m1/s1. The third-order valence-corrected chi connectivity index (χ3v) is 7.91. The van der Waals surface area contributed by atoms with E-state index < -0.39 is 122 Å². The summed E-state index contributed by atoms with van der Waals surface area (Å²) < 4.78 is 45.5. The van der Waals surface area contributed by atoms with Crippen molar-refractivity contribution in [2.24, 2.45) is 17.8 Å². The van der Waals surface area contributed by atoms with E-state index in [0.29, 0.717) is 19.3 Å². The largest absolute Gasteiger partial charge is 0.463 e. The van der Waals surface area contributed by atoms with Crippen LogP contribution < -0.4 is 0 Å². The van der Waals surface area contributed by atoms with Gasteiger partial charge in [-0.2, -0.15) is 0 Å². The van der Waals surface area contributed by atoms with E-state index in [1.165, 1.54) is 13.8 Å². The lowest BCUT2D eigenvalue weighted by Gasteiger charge is -2.47.